The van der Waals surface area contributed by atoms with Crippen molar-refractivity contribution in [3.63, 3.8) is 0 Å². The molecule has 5 rings (SSSR count). The number of carbonyl (C=O) groups is 2. The van der Waals surface area contributed by atoms with E-state index in [0.717, 1.165) is 24.2 Å². The molecule has 0 N–H and O–H groups in total. The minimum Gasteiger partial charge on any atom is -0.337 e. The van der Waals surface area contributed by atoms with Gasteiger partial charge in [0.1, 0.15) is 11.4 Å². The second-order valence-electron chi connectivity index (χ2n) is 8.74. The van der Waals surface area contributed by atoms with Gasteiger partial charge in [-0.1, -0.05) is 36.4 Å². The number of pyridine rings is 1. The Labute approximate surface area is 202 Å². The van der Waals surface area contributed by atoms with Crippen molar-refractivity contribution in [3.05, 3.63) is 89.5 Å². The first-order valence-electron chi connectivity index (χ1n) is 11.5. The van der Waals surface area contributed by atoms with E-state index in [2.05, 4.69) is 22.1 Å². The maximum absolute atomic E-state index is 13.2. The third kappa shape index (κ3) is 4.59. The van der Waals surface area contributed by atoms with Crippen LogP contribution in [-0.2, 0) is 6.42 Å². The monoisotopic (exact) mass is 473 g/mol. The second kappa shape index (κ2) is 9.77. The van der Waals surface area contributed by atoms with Gasteiger partial charge in [-0.2, -0.15) is 0 Å². The molecule has 1 fully saturated rings. The van der Waals surface area contributed by atoms with E-state index in [1.54, 1.807) is 18.5 Å². The van der Waals surface area contributed by atoms with Crippen molar-refractivity contribution < 1.29 is 9.59 Å². The number of likely N-dealkylation sites (N-methyl/N-ethyl adjacent to an activating group) is 1. The predicted octanol–water partition coefficient (Wildman–Crippen LogP) is 4.03. The molecule has 1 aliphatic heterocycles. The Kier molecular flexibility index (Phi) is 6.40. The zero-order valence-electron chi connectivity index (χ0n) is 19.1. The molecule has 7 nitrogen and oxygen atoms in total. The lowest BCUT2D eigenvalue weighted by Crippen LogP contribution is -2.48. The average molecular weight is 474 g/mol. The number of imidazole rings is 1. The summed E-state index contributed by atoms with van der Waals surface area (Å²) >= 11 is 1.52. The summed E-state index contributed by atoms with van der Waals surface area (Å²) in [5.41, 5.74) is 2.15. The molecule has 8 heteroatoms. The van der Waals surface area contributed by atoms with E-state index < -0.39 is 0 Å². The van der Waals surface area contributed by atoms with Crippen LogP contribution in [0.25, 0.3) is 4.96 Å². The molecule has 1 aromatic carbocycles. The second-order valence-corrected chi connectivity index (χ2v) is 9.61. The first kappa shape index (κ1) is 22.3. The minimum atomic E-state index is -0.0712. The smallest absolute Gasteiger partial charge is 0.274 e. The van der Waals surface area contributed by atoms with E-state index in [1.165, 1.54) is 16.9 Å². The number of piperidine rings is 1. The van der Waals surface area contributed by atoms with Crippen LogP contribution < -0.4 is 0 Å². The number of likely N-dealkylation sites (tertiary alicyclic amines) is 1. The molecule has 0 saturated carbocycles. The van der Waals surface area contributed by atoms with Crippen molar-refractivity contribution in [2.45, 2.75) is 25.3 Å². The standard InChI is InChI=1S/C26H27N5O2S/c1-29(24(32)21-9-5-6-12-27-21)23(17-19-7-3-2-4-8-19)20-10-13-30(14-11-20)25(33)22-18-31-15-16-34-26(31)28-22/h2-9,12,15-16,18,20,23H,10-11,13-14,17H2,1H3. The van der Waals surface area contributed by atoms with Gasteiger partial charge in [0, 0.05) is 50.1 Å². The van der Waals surface area contributed by atoms with E-state index in [1.807, 2.05) is 63.2 Å². The number of thiazole rings is 1. The Morgan fingerprint density at radius 3 is 2.56 bits per heavy atom. The van der Waals surface area contributed by atoms with Crippen LogP contribution in [0.2, 0.25) is 0 Å². The van der Waals surface area contributed by atoms with Crippen molar-refractivity contribution in [1.82, 2.24) is 24.2 Å². The molecule has 4 heterocycles. The van der Waals surface area contributed by atoms with Crippen LogP contribution in [0.15, 0.2) is 72.5 Å². The van der Waals surface area contributed by atoms with Gasteiger partial charge >= 0.3 is 0 Å². The summed E-state index contributed by atoms with van der Waals surface area (Å²) < 4.78 is 1.89. The highest BCUT2D eigenvalue weighted by molar-refractivity contribution is 7.15. The van der Waals surface area contributed by atoms with Gasteiger partial charge in [0.15, 0.2) is 4.96 Å². The van der Waals surface area contributed by atoms with Crippen LogP contribution in [-0.4, -0.2) is 62.2 Å². The third-order valence-corrected chi connectivity index (χ3v) is 7.44. The number of fused-ring (bicyclic) bond motifs is 1. The molecule has 4 aromatic rings. The normalized spacial score (nSPS) is 15.4. The first-order chi connectivity index (χ1) is 16.6. The number of hydrogen-bond donors (Lipinski definition) is 0. The summed E-state index contributed by atoms with van der Waals surface area (Å²) in [5.74, 6) is 0.192. The van der Waals surface area contributed by atoms with Gasteiger partial charge in [-0.25, -0.2) is 4.98 Å². The summed E-state index contributed by atoms with van der Waals surface area (Å²) in [6, 6.07) is 15.7. The molecule has 174 valence electrons. The van der Waals surface area contributed by atoms with Gasteiger partial charge < -0.3 is 9.80 Å². The lowest BCUT2D eigenvalue weighted by molar-refractivity contribution is 0.0517. The number of hydrogen-bond acceptors (Lipinski definition) is 5. The van der Waals surface area contributed by atoms with Crippen molar-refractivity contribution in [2.24, 2.45) is 5.92 Å². The Balaban J connectivity index is 1.31. The minimum absolute atomic E-state index is 0.0205. The molecule has 1 atom stereocenters. The predicted molar refractivity (Wildman–Crippen MR) is 132 cm³/mol. The molecule has 1 unspecified atom stereocenters. The van der Waals surface area contributed by atoms with E-state index >= 15 is 0 Å². The number of carbonyl (C=O) groups excluding carboxylic acids is 2. The lowest BCUT2D eigenvalue weighted by Gasteiger charge is -2.40. The van der Waals surface area contributed by atoms with Gasteiger partial charge in [0.25, 0.3) is 11.8 Å². The van der Waals surface area contributed by atoms with Crippen LogP contribution in [0.5, 0.6) is 0 Å². The molecule has 0 aliphatic carbocycles. The Morgan fingerprint density at radius 2 is 1.85 bits per heavy atom. The summed E-state index contributed by atoms with van der Waals surface area (Å²) in [4.78, 5) is 39.6. The summed E-state index contributed by atoms with van der Waals surface area (Å²) in [6.07, 6.45) is 7.82. The summed E-state index contributed by atoms with van der Waals surface area (Å²) in [5, 5.41) is 1.96. The molecule has 3 aromatic heterocycles. The quantitative estimate of drug-likeness (QED) is 0.424. The fraction of sp³-hybridized carbons (Fsp3) is 0.308. The van der Waals surface area contributed by atoms with Crippen molar-refractivity contribution in [3.8, 4) is 0 Å². The maximum Gasteiger partial charge on any atom is 0.274 e. The first-order valence-corrected chi connectivity index (χ1v) is 12.4. The topological polar surface area (TPSA) is 70.8 Å². The third-order valence-electron chi connectivity index (χ3n) is 6.67. The van der Waals surface area contributed by atoms with Gasteiger partial charge in [-0.3, -0.25) is 19.0 Å². The molecular formula is C26H27N5O2S. The maximum atomic E-state index is 13.2. The number of nitrogens with zero attached hydrogens (tertiary/aromatic N) is 5. The highest BCUT2D eigenvalue weighted by atomic mass is 32.1. The van der Waals surface area contributed by atoms with Crippen molar-refractivity contribution in [1.29, 1.82) is 0 Å². The van der Waals surface area contributed by atoms with Gasteiger partial charge in [0.2, 0.25) is 0 Å². The fourth-order valence-electron chi connectivity index (χ4n) is 4.78. The number of rotatable bonds is 6. The molecule has 1 aliphatic rings. The van der Waals surface area contributed by atoms with Crippen molar-refractivity contribution >= 4 is 28.1 Å². The van der Waals surface area contributed by atoms with Gasteiger partial charge in [-0.05, 0) is 42.9 Å². The largest absolute Gasteiger partial charge is 0.337 e. The molecule has 2 amide bonds. The summed E-state index contributed by atoms with van der Waals surface area (Å²) in [7, 11) is 1.87. The SMILES string of the molecule is CN(C(=O)c1ccccn1)C(Cc1ccccc1)C1CCN(C(=O)c2cn3ccsc3n2)CC1. The zero-order chi connectivity index (χ0) is 23.5. The van der Waals surface area contributed by atoms with Crippen LogP contribution in [0.1, 0.15) is 39.4 Å². The number of benzene rings is 1. The Morgan fingerprint density at radius 1 is 1.09 bits per heavy atom. The van der Waals surface area contributed by atoms with Crippen LogP contribution >= 0.6 is 11.3 Å². The summed E-state index contributed by atoms with van der Waals surface area (Å²) in [6.45, 7) is 1.32. The molecule has 0 radical (unpaired) electrons. The van der Waals surface area contributed by atoms with E-state index in [-0.39, 0.29) is 23.8 Å². The van der Waals surface area contributed by atoms with Gasteiger partial charge in [0.05, 0.1) is 0 Å². The highest BCUT2D eigenvalue weighted by Crippen LogP contribution is 2.28. The Hall–Kier alpha value is -3.52. The van der Waals surface area contributed by atoms with Crippen molar-refractivity contribution in [2.75, 3.05) is 20.1 Å². The van der Waals surface area contributed by atoms with Crippen LogP contribution in [0.4, 0.5) is 0 Å². The van der Waals surface area contributed by atoms with Gasteiger partial charge in [-0.15, -0.1) is 11.3 Å². The molecule has 34 heavy (non-hydrogen) atoms. The number of amides is 2. The highest BCUT2D eigenvalue weighted by Gasteiger charge is 2.34. The fourth-order valence-corrected chi connectivity index (χ4v) is 5.48. The zero-order valence-corrected chi connectivity index (χ0v) is 19.9. The number of aromatic nitrogens is 3. The van der Waals surface area contributed by atoms with E-state index in [0.29, 0.717) is 24.5 Å². The average Bonchev–Trinajstić information content (AvgIpc) is 3.50. The molecule has 1 saturated heterocycles. The van der Waals surface area contributed by atoms with Crippen LogP contribution in [0.3, 0.4) is 0 Å². The molecular weight excluding hydrogens is 446 g/mol. The molecule has 0 spiro atoms. The molecule has 0 bridgehead atoms. The lowest BCUT2D eigenvalue weighted by atomic mass is 9.84. The van der Waals surface area contributed by atoms with Crippen LogP contribution in [0, 0.1) is 5.92 Å². The van der Waals surface area contributed by atoms with E-state index in [4.69, 9.17) is 0 Å². The Bertz CT molecular complexity index is 1230. The van der Waals surface area contributed by atoms with E-state index in [9.17, 15) is 9.59 Å².